The van der Waals surface area contributed by atoms with E-state index in [2.05, 4.69) is 0 Å². The van der Waals surface area contributed by atoms with Gasteiger partial charge in [-0.1, -0.05) is 54.6 Å². The van der Waals surface area contributed by atoms with Crippen LogP contribution in [0.5, 0.6) is 0 Å². The number of piperidine rings is 1. The Morgan fingerprint density at radius 2 is 1.71 bits per heavy atom. The number of halogens is 3. The van der Waals surface area contributed by atoms with E-state index in [1.54, 1.807) is 31.7 Å². The van der Waals surface area contributed by atoms with Crippen molar-refractivity contribution in [1.82, 2.24) is 4.90 Å². The van der Waals surface area contributed by atoms with Crippen LogP contribution in [0.2, 0.25) is 0 Å². The third kappa shape index (κ3) is 6.34. The van der Waals surface area contributed by atoms with Gasteiger partial charge < -0.3 is 14.4 Å². The second-order valence-electron chi connectivity index (χ2n) is 9.98. The molecule has 7 heteroatoms. The topological polar surface area (TPSA) is 38.8 Å². The predicted octanol–water partition coefficient (Wildman–Crippen LogP) is 7.17. The second-order valence-corrected chi connectivity index (χ2v) is 9.98. The van der Waals surface area contributed by atoms with E-state index in [4.69, 9.17) is 9.47 Å². The first-order chi connectivity index (χ1) is 16.5. The summed E-state index contributed by atoms with van der Waals surface area (Å²) < 4.78 is 51.9. The van der Waals surface area contributed by atoms with Crippen molar-refractivity contribution in [3.05, 3.63) is 83.4 Å². The largest absolute Gasteiger partial charge is 0.444 e. The molecule has 3 aromatic rings. The molecule has 1 fully saturated rings. The van der Waals surface area contributed by atoms with Crippen molar-refractivity contribution in [3.8, 4) is 0 Å². The number of carbonyl (C=O) groups excluding carboxylic acids is 1. The van der Waals surface area contributed by atoms with Crippen LogP contribution in [0.4, 0.5) is 18.0 Å². The molecule has 0 saturated carbocycles. The summed E-state index contributed by atoms with van der Waals surface area (Å²) in [5.74, 6) is -0.281. The van der Waals surface area contributed by atoms with Gasteiger partial charge in [0.2, 0.25) is 0 Å². The van der Waals surface area contributed by atoms with Gasteiger partial charge in [0.25, 0.3) is 0 Å². The van der Waals surface area contributed by atoms with E-state index in [0.717, 1.165) is 22.4 Å². The molecule has 35 heavy (non-hydrogen) atoms. The zero-order chi connectivity index (χ0) is 25.2. The highest BCUT2D eigenvalue weighted by Gasteiger charge is 2.37. The SMILES string of the molecule is CC(C)(C)OC(=O)N1CCC(c2cccc(C(F)(F)F)c2)C(OCc2ccc3ccccc3c2)C1. The fourth-order valence-electron chi connectivity index (χ4n) is 4.44. The molecular formula is C28H30F3NO3. The molecule has 1 aliphatic heterocycles. The van der Waals surface area contributed by atoms with Crippen LogP contribution < -0.4 is 0 Å². The molecule has 1 aliphatic rings. The maximum Gasteiger partial charge on any atom is 0.416 e. The summed E-state index contributed by atoms with van der Waals surface area (Å²) in [6.45, 7) is 6.30. The molecule has 0 radical (unpaired) electrons. The first kappa shape index (κ1) is 25.0. The van der Waals surface area contributed by atoms with E-state index in [9.17, 15) is 18.0 Å². The van der Waals surface area contributed by atoms with Crippen LogP contribution in [0.1, 0.15) is 49.8 Å². The van der Waals surface area contributed by atoms with E-state index in [-0.39, 0.29) is 19.1 Å². The number of nitrogens with zero attached hydrogens (tertiary/aromatic N) is 1. The van der Waals surface area contributed by atoms with Gasteiger partial charge in [-0.25, -0.2) is 4.79 Å². The fraction of sp³-hybridized carbons (Fsp3) is 0.393. The molecule has 0 spiro atoms. The Hall–Kier alpha value is -3.06. The van der Waals surface area contributed by atoms with Crippen molar-refractivity contribution in [2.75, 3.05) is 13.1 Å². The van der Waals surface area contributed by atoms with Crippen molar-refractivity contribution in [2.45, 2.75) is 57.6 Å². The van der Waals surface area contributed by atoms with Crippen molar-refractivity contribution < 1.29 is 27.4 Å². The van der Waals surface area contributed by atoms with E-state index < -0.39 is 29.5 Å². The maximum absolute atomic E-state index is 13.4. The number of alkyl halides is 3. The smallest absolute Gasteiger partial charge is 0.416 e. The van der Waals surface area contributed by atoms with Crippen LogP contribution >= 0.6 is 0 Å². The van der Waals surface area contributed by atoms with Crippen molar-refractivity contribution in [3.63, 3.8) is 0 Å². The number of hydrogen-bond donors (Lipinski definition) is 0. The molecule has 0 aliphatic carbocycles. The molecule has 4 rings (SSSR count). The first-order valence-electron chi connectivity index (χ1n) is 11.7. The molecule has 0 aromatic heterocycles. The lowest BCUT2D eigenvalue weighted by Crippen LogP contribution is -2.48. The number of ether oxygens (including phenoxy) is 2. The Balaban J connectivity index is 1.57. The standard InChI is InChI=1S/C28H30F3NO3/c1-27(2,3)35-26(33)32-14-13-24(22-9-6-10-23(16-22)28(29,30)31)25(17-32)34-18-19-11-12-20-7-4-5-8-21(20)15-19/h4-12,15-16,24-25H,13-14,17-18H2,1-3H3. The van der Waals surface area contributed by atoms with Crippen LogP contribution in [0.3, 0.4) is 0 Å². The van der Waals surface area contributed by atoms with Crippen molar-refractivity contribution >= 4 is 16.9 Å². The van der Waals surface area contributed by atoms with Gasteiger partial charge >= 0.3 is 12.3 Å². The minimum Gasteiger partial charge on any atom is -0.444 e. The van der Waals surface area contributed by atoms with Crippen molar-refractivity contribution in [1.29, 1.82) is 0 Å². The molecule has 1 heterocycles. The quantitative estimate of drug-likeness (QED) is 0.393. The van der Waals surface area contributed by atoms with E-state index in [1.807, 2.05) is 42.5 Å². The minimum absolute atomic E-state index is 0.239. The van der Waals surface area contributed by atoms with E-state index in [1.165, 1.54) is 12.1 Å². The van der Waals surface area contributed by atoms with Crippen LogP contribution in [0.15, 0.2) is 66.7 Å². The summed E-state index contributed by atoms with van der Waals surface area (Å²) in [6, 6.07) is 19.4. The molecule has 2 atom stereocenters. The highest BCUT2D eigenvalue weighted by molar-refractivity contribution is 5.82. The van der Waals surface area contributed by atoms with Crippen LogP contribution in [-0.4, -0.2) is 35.8 Å². The minimum atomic E-state index is -4.42. The zero-order valence-electron chi connectivity index (χ0n) is 20.1. The number of benzene rings is 3. The van der Waals surface area contributed by atoms with Gasteiger partial charge in [-0.2, -0.15) is 13.2 Å². The molecule has 4 nitrogen and oxygen atoms in total. The third-order valence-electron chi connectivity index (χ3n) is 6.13. The summed E-state index contributed by atoms with van der Waals surface area (Å²) >= 11 is 0. The molecular weight excluding hydrogens is 455 g/mol. The maximum atomic E-state index is 13.4. The monoisotopic (exact) mass is 485 g/mol. The summed E-state index contributed by atoms with van der Waals surface area (Å²) in [7, 11) is 0. The highest BCUT2D eigenvalue weighted by atomic mass is 19.4. The average Bonchev–Trinajstić information content (AvgIpc) is 2.81. The third-order valence-corrected chi connectivity index (χ3v) is 6.13. The number of likely N-dealkylation sites (tertiary alicyclic amines) is 1. The Morgan fingerprint density at radius 3 is 2.43 bits per heavy atom. The molecule has 1 amide bonds. The summed E-state index contributed by atoms with van der Waals surface area (Å²) in [4.78, 5) is 14.3. The van der Waals surface area contributed by atoms with E-state index >= 15 is 0 Å². The van der Waals surface area contributed by atoms with Gasteiger partial charge in [0.05, 0.1) is 24.8 Å². The van der Waals surface area contributed by atoms with E-state index in [0.29, 0.717) is 18.5 Å². The van der Waals surface area contributed by atoms with Crippen LogP contribution in [0, 0.1) is 0 Å². The molecule has 0 N–H and O–H groups in total. The Labute approximate surface area is 203 Å². The summed E-state index contributed by atoms with van der Waals surface area (Å²) in [5, 5.41) is 2.20. The summed E-state index contributed by atoms with van der Waals surface area (Å²) in [5.41, 5.74) is 0.196. The average molecular weight is 486 g/mol. The molecule has 3 aromatic carbocycles. The normalized spacial score (nSPS) is 19.1. The number of rotatable bonds is 4. The lowest BCUT2D eigenvalue weighted by atomic mass is 9.86. The van der Waals surface area contributed by atoms with Gasteiger partial charge in [-0.05, 0) is 61.2 Å². The number of hydrogen-bond acceptors (Lipinski definition) is 3. The van der Waals surface area contributed by atoms with Gasteiger partial charge in [0, 0.05) is 12.5 Å². The Bertz CT molecular complexity index is 1190. The lowest BCUT2D eigenvalue weighted by Gasteiger charge is -2.39. The predicted molar refractivity (Wildman–Crippen MR) is 129 cm³/mol. The first-order valence-corrected chi connectivity index (χ1v) is 11.7. The van der Waals surface area contributed by atoms with Gasteiger partial charge in [0.1, 0.15) is 5.60 Å². The number of carbonyl (C=O) groups is 1. The number of fused-ring (bicyclic) bond motifs is 1. The molecule has 0 bridgehead atoms. The molecule has 186 valence electrons. The van der Waals surface area contributed by atoms with Crippen molar-refractivity contribution in [2.24, 2.45) is 0 Å². The van der Waals surface area contributed by atoms with Gasteiger partial charge in [-0.3, -0.25) is 0 Å². The Kier molecular flexibility index (Phi) is 7.08. The van der Waals surface area contributed by atoms with Gasteiger partial charge in [-0.15, -0.1) is 0 Å². The lowest BCUT2D eigenvalue weighted by molar-refractivity contribution is -0.137. The molecule has 2 unspecified atom stereocenters. The fourth-order valence-corrected chi connectivity index (χ4v) is 4.44. The van der Waals surface area contributed by atoms with Crippen LogP contribution in [-0.2, 0) is 22.3 Å². The Morgan fingerprint density at radius 1 is 0.971 bits per heavy atom. The zero-order valence-corrected chi connectivity index (χ0v) is 20.1. The van der Waals surface area contributed by atoms with Gasteiger partial charge in [0.15, 0.2) is 0 Å². The molecule has 1 saturated heterocycles. The second kappa shape index (κ2) is 9.90. The number of amides is 1. The summed E-state index contributed by atoms with van der Waals surface area (Å²) in [6.07, 6.45) is -4.87. The van der Waals surface area contributed by atoms with Crippen LogP contribution in [0.25, 0.3) is 10.8 Å². The highest BCUT2D eigenvalue weighted by Crippen LogP contribution is 2.36.